The smallest absolute Gasteiger partial charge is 0.287 e. The average molecular weight is 397 g/mol. The zero-order valence-electron chi connectivity index (χ0n) is 13.0. The van der Waals surface area contributed by atoms with E-state index in [2.05, 4.69) is 26.1 Å². The molecule has 0 spiro atoms. The van der Waals surface area contributed by atoms with Crippen LogP contribution in [0.3, 0.4) is 0 Å². The van der Waals surface area contributed by atoms with Gasteiger partial charge in [-0.2, -0.15) is 0 Å². The van der Waals surface area contributed by atoms with Gasteiger partial charge in [0.05, 0.1) is 19.3 Å². The van der Waals surface area contributed by atoms with Gasteiger partial charge in [-0.15, -0.1) is 0 Å². The first kappa shape index (κ1) is 17.1. The largest absolute Gasteiger partial charge is 0.444 e. The summed E-state index contributed by atoms with van der Waals surface area (Å²) in [6.07, 6.45) is 0. The van der Waals surface area contributed by atoms with Crippen molar-refractivity contribution in [2.75, 3.05) is 32.8 Å². The van der Waals surface area contributed by atoms with Crippen molar-refractivity contribution in [2.24, 2.45) is 0 Å². The molecule has 1 aliphatic rings. The lowest BCUT2D eigenvalue weighted by Gasteiger charge is -2.34. The number of carbonyl (C=O) groups excluding carboxylic acids is 1. The standard InChI is InChI=1S/C17H18BrFN2O3/c18-16-6-5-15(24-16)17(22)20-11-14(21-7-9-23-10-8-21)12-1-3-13(19)4-2-12/h1-6,14H,7-11H2,(H,20,22)/t14-/m1/s1. The molecule has 1 saturated heterocycles. The lowest BCUT2D eigenvalue weighted by atomic mass is 10.0. The molecule has 2 heterocycles. The molecule has 1 amide bonds. The topological polar surface area (TPSA) is 54.7 Å². The molecule has 0 aliphatic carbocycles. The summed E-state index contributed by atoms with van der Waals surface area (Å²) in [5, 5.41) is 2.89. The van der Waals surface area contributed by atoms with Crippen LogP contribution in [-0.4, -0.2) is 43.7 Å². The maximum Gasteiger partial charge on any atom is 0.287 e. The van der Waals surface area contributed by atoms with E-state index in [4.69, 9.17) is 9.15 Å². The zero-order valence-corrected chi connectivity index (χ0v) is 14.6. The van der Waals surface area contributed by atoms with Gasteiger partial charge in [-0.05, 0) is 45.8 Å². The molecular formula is C17H18BrFN2O3. The van der Waals surface area contributed by atoms with Gasteiger partial charge in [0.1, 0.15) is 5.82 Å². The van der Waals surface area contributed by atoms with Crippen molar-refractivity contribution in [3.8, 4) is 0 Å². The van der Waals surface area contributed by atoms with Crippen molar-refractivity contribution in [3.63, 3.8) is 0 Å². The fourth-order valence-corrected chi connectivity index (χ4v) is 3.05. The van der Waals surface area contributed by atoms with Crippen LogP contribution >= 0.6 is 15.9 Å². The second-order valence-electron chi connectivity index (χ2n) is 5.53. The summed E-state index contributed by atoms with van der Waals surface area (Å²) in [6, 6.07) is 9.63. The van der Waals surface area contributed by atoms with Gasteiger partial charge >= 0.3 is 0 Å². The molecule has 5 nitrogen and oxygen atoms in total. The van der Waals surface area contributed by atoms with Crippen LogP contribution in [0.4, 0.5) is 4.39 Å². The number of nitrogens with one attached hydrogen (secondary N) is 1. The predicted octanol–water partition coefficient (Wildman–Crippen LogP) is 2.98. The molecule has 0 bridgehead atoms. The summed E-state index contributed by atoms with van der Waals surface area (Å²) in [5.41, 5.74) is 0.958. The van der Waals surface area contributed by atoms with Gasteiger partial charge in [-0.3, -0.25) is 9.69 Å². The molecule has 1 aromatic heterocycles. The van der Waals surface area contributed by atoms with E-state index in [9.17, 15) is 9.18 Å². The molecule has 0 saturated carbocycles. The van der Waals surface area contributed by atoms with Crippen molar-refractivity contribution in [3.05, 3.63) is 58.2 Å². The number of hydrogen-bond donors (Lipinski definition) is 1. The highest BCUT2D eigenvalue weighted by molar-refractivity contribution is 9.10. The minimum absolute atomic E-state index is 0.0446. The number of halogens is 2. The highest BCUT2D eigenvalue weighted by Crippen LogP contribution is 2.22. The Morgan fingerprint density at radius 2 is 1.92 bits per heavy atom. The van der Waals surface area contributed by atoms with Gasteiger partial charge in [-0.1, -0.05) is 12.1 Å². The Morgan fingerprint density at radius 3 is 2.54 bits per heavy atom. The Hall–Kier alpha value is -1.70. The number of benzene rings is 1. The molecule has 128 valence electrons. The van der Waals surface area contributed by atoms with Crippen LogP contribution in [0.25, 0.3) is 0 Å². The Balaban J connectivity index is 1.71. The number of hydrogen-bond acceptors (Lipinski definition) is 4. The Labute approximate surface area is 147 Å². The number of morpholine rings is 1. The molecule has 1 aromatic carbocycles. The van der Waals surface area contributed by atoms with Gasteiger partial charge in [-0.25, -0.2) is 4.39 Å². The maximum absolute atomic E-state index is 13.2. The van der Waals surface area contributed by atoms with E-state index >= 15 is 0 Å². The minimum Gasteiger partial charge on any atom is -0.444 e. The van der Waals surface area contributed by atoms with Crippen LogP contribution < -0.4 is 5.32 Å². The third-order valence-electron chi connectivity index (χ3n) is 3.99. The second kappa shape index (κ2) is 7.92. The SMILES string of the molecule is O=C(NC[C@H](c1ccc(F)cc1)N1CCOCC1)c1ccc(Br)o1. The molecule has 1 N–H and O–H groups in total. The lowest BCUT2D eigenvalue weighted by molar-refractivity contribution is 0.0161. The fourth-order valence-electron chi connectivity index (χ4n) is 2.74. The van der Waals surface area contributed by atoms with Crippen LogP contribution in [0.5, 0.6) is 0 Å². The molecule has 24 heavy (non-hydrogen) atoms. The van der Waals surface area contributed by atoms with Crippen LogP contribution in [0, 0.1) is 5.82 Å². The Kier molecular flexibility index (Phi) is 5.65. The summed E-state index contributed by atoms with van der Waals surface area (Å²) in [4.78, 5) is 14.4. The molecule has 1 atom stereocenters. The molecule has 7 heteroatoms. The molecule has 3 rings (SSSR count). The highest BCUT2D eigenvalue weighted by atomic mass is 79.9. The van der Waals surface area contributed by atoms with Crippen molar-refractivity contribution in [1.29, 1.82) is 0 Å². The normalized spacial score (nSPS) is 16.8. The molecule has 0 unspecified atom stereocenters. The van der Waals surface area contributed by atoms with Crippen LogP contribution in [-0.2, 0) is 4.74 Å². The van der Waals surface area contributed by atoms with Crippen LogP contribution in [0.1, 0.15) is 22.2 Å². The Morgan fingerprint density at radius 1 is 1.21 bits per heavy atom. The monoisotopic (exact) mass is 396 g/mol. The third-order valence-corrected chi connectivity index (χ3v) is 4.42. The zero-order chi connectivity index (χ0) is 16.9. The summed E-state index contributed by atoms with van der Waals surface area (Å²) >= 11 is 3.18. The highest BCUT2D eigenvalue weighted by Gasteiger charge is 2.24. The number of furan rings is 1. The van der Waals surface area contributed by atoms with Crippen molar-refractivity contribution in [2.45, 2.75) is 6.04 Å². The number of amides is 1. The van der Waals surface area contributed by atoms with Crippen molar-refractivity contribution >= 4 is 21.8 Å². The molecule has 0 radical (unpaired) electrons. The van der Waals surface area contributed by atoms with E-state index in [-0.39, 0.29) is 23.5 Å². The number of nitrogens with zero attached hydrogens (tertiary/aromatic N) is 1. The van der Waals surface area contributed by atoms with Gasteiger partial charge in [0.15, 0.2) is 10.4 Å². The van der Waals surface area contributed by atoms with E-state index in [1.165, 1.54) is 12.1 Å². The Bertz CT molecular complexity index is 683. The first-order valence-electron chi connectivity index (χ1n) is 7.74. The lowest BCUT2D eigenvalue weighted by Crippen LogP contribution is -2.43. The van der Waals surface area contributed by atoms with Crippen molar-refractivity contribution < 1.29 is 18.3 Å². The van der Waals surface area contributed by atoms with E-state index in [0.29, 0.717) is 24.4 Å². The summed E-state index contributed by atoms with van der Waals surface area (Å²) in [6.45, 7) is 3.24. The number of ether oxygens (including phenoxy) is 1. The molecular weight excluding hydrogens is 379 g/mol. The van der Waals surface area contributed by atoms with Gasteiger partial charge in [0.25, 0.3) is 5.91 Å². The van der Waals surface area contributed by atoms with E-state index in [1.54, 1.807) is 24.3 Å². The first-order chi connectivity index (χ1) is 11.6. The maximum atomic E-state index is 13.2. The summed E-state index contributed by atoms with van der Waals surface area (Å²) < 4.78 is 24.4. The molecule has 1 aliphatic heterocycles. The number of rotatable bonds is 5. The van der Waals surface area contributed by atoms with Gasteiger partial charge in [0, 0.05) is 19.6 Å². The van der Waals surface area contributed by atoms with Gasteiger partial charge < -0.3 is 14.5 Å². The van der Waals surface area contributed by atoms with Crippen LogP contribution in [0.2, 0.25) is 0 Å². The van der Waals surface area contributed by atoms with E-state index in [0.717, 1.165) is 18.7 Å². The minimum atomic E-state index is -0.277. The fraction of sp³-hybridized carbons (Fsp3) is 0.353. The predicted molar refractivity (Wildman–Crippen MR) is 90.3 cm³/mol. The van der Waals surface area contributed by atoms with Crippen molar-refractivity contribution in [1.82, 2.24) is 10.2 Å². The molecule has 1 fully saturated rings. The average Bonchev–Trinajstić information content (AvgIpc) is 3.04. The summed E-state index contributed by atoms with van der Waals surface area (Å²) in [7, 11) is 0. The summed E-state index contributed by atoms with van der Waals surface area (Å²) in [5.74, 6) is -0.299. The quantitative estimate of drug-likeness (QED) is 0.843. The van der Waals surface area contributed by atoms with E-state index in [1.807, 2.05) is 0 Å². The second-order valence-corrected chi connectivity index (χ2v) is 6.31. The van der Waals surface area contributed by atoms with Gasteiger partial charge in [0.2, 0.25) is 0 Å². The van der Waals surface area contributed by atoms with Crippen LogP contribution in [0.15, 0.2) is 45.5 Å². The third kappa shape index (κ3) is 4.23. The first-order valence-corrected chi connectivity index (χ1v) is 8.53. The molecule has 2 aromatic rings. The number of carbonyl (C=O) groups is 1. The van der Waals surface area contributed by atoms with E-state index < -0.39 is 0 Å².